The second-order valence-electron chi connectivity index (χ2n) is 7.84. The Labute approximate surface area is 126 Å². The van der Waals surface area contributed by atoms with Crippen LogP contribution in [0.4, 0.5) is 0 Å². The standard InChI is InChI=1S/C17H35N3/c1-12-7-13(2)15(16(8-12)18-4)10-20-9-14(3)17(11-20)19(5)6/h12-18H,7-11H2,1-6H3. The molecule has 2 aliphatic rings. The largest absolute Gasteiger partial charge is 0.317 e. The third kappa shape index (κ3) is 3.55. The second kappa shape index (κ2) is 6.76. The quantitative estimate of drug-likeness (QED) is 0.852. The molecule has 0 spiro atoms. The van der Waals surface area contributed by atoms with Gasteiger partial charge >= 0.3 is 0 Å². The van der Waals surface area contributed by atoms with Crippen molar-refractivity contribution < 1.29 is 0 Å². The van der Waals surface area contributed by atoms with E-state index in [2.05, 4.69) is 57.0 Å². The van der Waals surface area contributed by atoms with Crippen LogP contribution in [0.25, 0.3) is 0 Å². The lowest BCUT2D eigenvalue weighted by atomic mass is 9.72. The molecule has 0 amide bonds. The highest BCUT2D eigenvalue weighted by molar-refractivity contribution is 4.92. The molecule has 2 fully saturated rings. The van der Waals surface area contributed by atoms with Gasteiger partial charge in [-0.25, -0.2) is 0 Å². The molecule has 1 aliphatic heterocycles. The van der Waals surface area contributed by atoms with Gasteiger partial charge in [-0.3, -0.25) is 0 Å². The van der Waals surface area contributed by atoms with E-state index in [1.54, 1.807) is 0 Å². The minimum absolute atomic E-state index is 0.711. The molecule has 1 saturated heterocycles. The fourth-order valence-electron chi connectivity index (χ4n) is 4.72. The summed E-state index contributed by atoms with van der Waals surface area (Å²) in [6, 6.07) is 1.45. The van der Waals surface area contributed by atoms with E-state index in [9.17, 15) is 0 Å². The molecule has 1 N–H and O–H groups in total. The van der Waals surface area contributed by atoms with Crippen LogP contribution in [0.2, 0.25) is 0 Å². The summed E-state index contributed by atoms with van der Waals surface area (Å²) in [4.78, 5) is 5.13. The van der Waals surface area contributed by atoms with Crippen LogP contribution in [0.1, 0.15) is 33.6 Å². The number of nitrogens with zero attached hydrogens (tertiary/aromatic N) is 2. The Hall–Kier alpha value is -0.120. The number of likely N-dealkylation sites (tertiary alicyclic amines) is 1. The molecule has 2 rings (SSSR count). The van der Waals surface area contributed by atoms with Gasteiger partial charge in [0.15, 0.2) is 0 Å². The molecule has 118 valence electrons. The SMILES string of the molecule is CNC1CC(C)CC(C)C1CN1CC(C)C(N(C)C)C1. The molecule has 0 radical (unpaired) electrons. The van der Waals surface area contributed by atoms with E-state index in [4.69, 9.17) is 0 Å². The Morgan fingerprint density at radius 1 is 1.05 bits per heavy atom. The van der Waals surface area contributed by atoms with Gasteiger partial charge in [-0.2, -0.15) is 0 Å². The monoisotopic (exact) mass is 281 g/mol. The molecule has 1 heterocycles. The van der Waals surface area contributed by atoms with Crippen LogP contribution in [0.15, 0.2) is 0 Å². The summed E-state index contributed by atoms with van der Waals surface area (Å²) in [7, 11) is 6.61. The summed E-state index contributed by atoms with van der Waals surface area (Å²) in [6.07, 6.45) is 2.76. The van der Waals surface area contributed by atoms with Crippen LogP contribution < -0.4 is 5.32 Å². The van der Waals surface area contributed by atoms with Crippen molar-refractivity contribution in [2.75, 3.05) is 40.8 Å². The van der Waals surface area contributed by atoms with E-state index < -0.39 is 0 Å². The lowest BCUT2D eigenvalue weighted by Gasteiger charge is -2.41. The van der Waals surface area contributed by atoms with Gasteiger partial charge in [-0.15, -0.1) is 0 Å². The second-order valence-corrected chi connectivity index (χ2v) is 7.84. The maximum atomic E-state index is 3.60. The molecule has 20 heavy (non-hydrogen) atoms. The predicted octanol–water partition coefficient (Wildman–Crippen LogP) is 2.14. The molecular weight excluding hydrogens is 246 g/mol. The molecular formula is C17H35N3. The van der Waals surface area contributed by atoms with Gasteiger partial charge < -0.3 is 15.1 Å². The van der Waals surface area contributed by atoms with Crippen molar-refractivity contribution in [2.45, 2.75) is 45.7 Å². The number of rotatable bonds is 4. The maximum absolute atomic E-state index is 3.60. The lowest BCUT2D eigenvalue weighted by Crippen LogP contribution is -2.48. The van der Waals surface area contributed by atoms with Crippen LogP contribution >= 0.6 is 0 Å². The highest BCUT2D eigenvalue weighted by Crippen LogP contribution is 2.35. The Morgan fingerprint density at radius 3 is 2.30 bits per heavy atom. The van der Waals surface area contributed by atoms with E-state index in [0.717, 1.165) is 29.7 Å². The molecule has 0 bridgehead atoms. The summed E-state index contributed by atoms with van der Waals surface area (Å²) in [6.45, 7) is 11.1. The van der Waals surface area contributed by atoms with Crippen LogP contribution in [0.5, 0.6) is 0 Å². The Kier molecular flexibility index (Phi) is 5.49. The van der Waals surface area contributed by atoms with Crippen LogP contribution in [0.3, 0.4) is 0 Å². The number of likely N-dealkylation sites (N-methyl/N-ethyl adjacent to an activating group) is 1. The van der Waals surface area contributed by atoms with Gasteiger partial charge in [-0.05, 0) is 57.7 Å². The fourth-order valence-corrected chi connectivity index (χ4v) is 4.72. The van der Waals surface area contributed by atoms with Gasteiger partial charge in [-0.1, -0.05) is 20.8 Å². The van der Waals surface area contributed by atoms with Gasteiger partial charge in [0.25, 0.3) is 0 Å². The Morgan fingerprint density at radius 2 is 1.75 bits per heavy atom. The first-order valence-corrected chi connectivity index (χ1v) is 8.48. The lowest BCUT2D eigenvalue weighted by molar-refractivity contribution is 0.111. The molecule has 1 aliphatic carbocycles. The van der Waals surface area contributed by atoms with E-state index >= 15 is 0 Å². The average Bonchev–Trinajstić information content (AvgIpc) is 2.73. The zero-order chi connectivity index (χ0) is 14.9. The minimum atomic E-state index is 0.711. The van der Waals surface area contributed by atoms with Crippen molar-refractivity contribution in [3.05, 3.63) is 0 Å². The zero-order valence-electron chi connectivity index (χ0n) is 14.4. The van der Waals surface area contributed by atoms with Crippen LogP contribution in [-0.2, 0) is 0 Å². The van der Waals surface area contributed by atoms with Crippen molar-refractivity contribution in [3.63, 3.8) is 0 Å². The highest BCUT2D eigenvalue weighted by atomic mass is 15.2. The summed E-state index contributed by atoms with van der Waals surface area (Å²) in [5.74, 6) is 3.36. The van der Waals surface area contributed by atoms with Gasteiger partial charge in [0, 0.05) is 31.7 Å². The van der Waals surface area contributed by atoms with Crippen molar-refractivity contribution >= 4 is 0 Å². The normalized spacial score (nSPS) is 43.4. The highest BCUT2D eigenvalue weighted by Gasteiger charge is 2.37. The topological polar surface area (TPSA) is 18.5 Å². The molecule has 3 nitrogen and oxygen atoms in total. The molecule has 0 aromatic rings. The summed E-state index contributed by atoms with van der Waals surface area (Å²) < 4.78 is 0. The summed E-state index contributed by atoms with van der Waals surface area (Å²) in [5.41, 5.74) is 0. The number of nitrogens with one attached hydrogen (secondary N) is 1. The molecule has 6 unspecified atom stereocenters. The summed E-state index contributed by atoms with van der Waals surface area (Å²) in [5, 5.41) is 3.60. The van der Waals surface area contributed by atoms with Crippen LogP contribution in [0, 0.1) is 23.7 Å². The molecule has 0 aromatic heterocycles. The third-order valence-electron chi connectivity index (χ3n) is 5.83. The molecule has 6 atom stereocenters. The smallest absolute Gasteiger partial charge is 0.0254 e. The van der Waals surface area contributed by atoms with Gasteiger partial charge in [0.05, 0.1) is 0 Å². The maximum Gasteiger partial charge on any atom is 0.0254 e. The van der Waals surface area contributed by atoms with Crippen molar-refractivity contribution in [1.82, 2.24) is 15.1 Å². The Bertz CT molecular complexity index is 305. The van der Waals surface area contributed by atoms with E-state index in [1.165, 1.54) is 32.5 Å². The first kappa shape index (κ1) is 16.3. The Balaban J connectivity index is 1.95. The first-order chi connectivity index (χ1) is 9.42. The van der Waals surface area contributed by atoms with Crippen molar-refractivity contribution in [1.29, 1.82) is 0 Å². The van der Waals surface area contributed by atoms with Gasteiger partial charge in [0.2, 0.25) is 0 Å². The van der Waals surface area contributed by atoms with Crippen molar-refractivity contribution in [3.8, 4) is 0 Å². The van der Waals surface area contributed by atoms with E-state index in [0.29, 0.717) is 6.04 Å². The predicted molar refractivity (Wildman–Crippen MR) is 87.0 cm³/mol. The number of hydrogen-bond acceptors (Lipinski definition) is 3. The average molecular weight is 281 g/mol. The number of hydrogen-bond donors (Lipinski definition) is 1. The molecule has 1 saturated carbocycles. The minimum Gasteiger partial charge on any atom is -0.317 e. The van der Waals surface area contributed by atoms with E-state index in [1.807, 2.05) is 0 Å². The molecule has 0 aromatic carbocycles. The van der Waals surface area contributed by atoms with Crippen molar-refractivity contribution in [2.24, 2.45) is 23.7 Å². The zero-order valence-corrected chi connectivity index (χ0v) is 14.4. The fraction of sp³-hybridized carbons (Fsp3) is 1.00. The molecule has 3 heteroatoms. The third-order valence-corrected chi connectivity index (χ3v) is 5.83. The van der Waals surface area contributed by atoms with Crippen LogP contribution in [-0.4, -0.2) is 62.7 Å². The summed E-state index contributed by atoms with van der Waals surface area (Å²) >= 11 is 0. The van der Waals surface area contributed by atoms with Gasteiger partial charge in [0.1, 0.15) is 0 Å². The van der Waals surface area contributed by atoms with E-state index in [-0.39, 0.29) is 0 Å². The first-order valence-electron chi connectivity index (χ1n) is 8.48.